The van der Waals surface area contributed by atoms with Crippen LogP contribution in [0, 0.1) is 24.6 Å². The summed E-state index contributed by atoms with van der Waals surface area (Å²) in [5.41, 5.74) is 4.45. The van der Waals surface area contributed by atoms with Crippen molar-refractivity contribution in [2.45, 2.75) is 33.2 Å². The molecule has 0 aliphatic carbocycles. The minimum absolute atomic E-state index is 0.0873. The minimum Gasteiger partial charge on any atom is -0.338 e. The van der Waals surface area contributed by atoms with E-state index in [9.17, 15) is 9.18 Å². The van der Waals surface area contributed by atoms with Gasteiger partial charge in [0.25, 0.3) is 5.91 Å². The summed E-state index contributed by atoms with van der Waals surface area (Å²) in [5.74, 6) is 0.784. The summed E-state index contributed by atoms with van der Waals surface area (Å²) < 4.78 is 13.7. The van der Waals surface area contributed by atoms with Crippen molar-refractivity contribution in [3.8, 4) is 0 Å². The summed E-state index contributed by atoms with van der Waals surface area (Å²) in [6, 6.07) is 25.1. The van der Waals surface area contributed by atoms with Gasteiger partial charge in [0.15, 0.2) is 0 Å². The van der Waals surface area contributed by atoms with Crippen molar-refractivity contribution in [2.75, 3.05) is 26.2 Å². The quantitative estimate of drug-likeness (QED) is 0.404. The van der Waals surface area contributed by atoms with Crippen LogP contribution in [-0.2, 0) is 6.54 Å². The Kier molecular flexibility index (Phi) is 7.79. The van der Waals surface area contributed by atoms with Crippen molar-refractivity contribution >= 4 is 5.91 Å². The predicted molar refractivity (Wildman–Crippen MR) is 136 cm³/mol. The molecule has 0 N–H and O–H groups in total. The van der Waals surface area contributed by atoms with Gasteiger partial charge >= 0.3 is 0 Å². The molecule has 3 nitrogen and oxygen atoms in total. The van der Waals surface area contributed by atoms with Crippen LogP contribution >= 0.6 is 0 Å². The van der Waals surface area contributed by atoms with Crippen molar-refractivity contribution in [2.24, 2.45) is 11.8 Å². The normalized spacial score (nSPS) is 18.4. The van der Waals surface area contributed by atoms with Crippen LogP contribution in [0.2, 0.25) is 0 Å². The van der Waals surface area contributed by atoms with Crippen LogP contribution < -0.4 is 0 Å². The molecule has 0 aromatic heterocycles. The smallest absolute Gasteiger partial charge is 0.253 e. The van der Waals surface area contributed by atoms with Gasteiger partial charge in [-0.05, 0) is 54.2 Å². The molecule has 0 saturated carbocycles. The van der Waals surface area contributed by atoms with Gasteiger partial charge in [-0.3, -0.25) is 9.69 Å². The van der Waals surface area contributed by atoms with E-state index in [0.29, 0.717) is 12.5 Å². The number of halogens is 1. The number of nitrogens with zero attached hydrogens (tertiary/aromatic N) is 2. The second kappa shape index (κ2) is 11.0. The van der Waals surface area contributed by atoms with E-state index in [-0.39, 0.29) is 23.6 Å². The molecule has 1 heterocycles. The number of benzene rings is 3. The third kappa shape index (κ3) is 6.12. The van der Waals surface area contributed by atoms with Gasteiger partial charge in [0.05, 0.1) is 0 Å². The average Bonchev–Trinajstić information content (AvgIpc) is 3.21. The third-order valence-electron chi connectivity index (χ3n) is 6.65. The van der Waals surface area contributed by atoms with Gasteiger partial charge < -0.3 is 4.90 Å². The Hall–Kier alpha value is -2.98. The number of amides is 1. The molecule has 1 amide bonds. The van der Waals surface area contributed by atoms with E-state index < -0.39 is 0 Å². The lowest BCUT2D eigenvalue weighted by atomic mass is 9.88. The van der Waals surface area contributed by atoms with E-state index in [0.717, 1.165) is 37.3 Å². The molecule has 0 bridgehead atoms. The van der Waals surface area contributed by atoms with Crippen molar-refractivity contribution in [1.82, 2.24) is 9.80 Å². The topological polar surface area (TPSA) is 23.6 Å². The maximum absolute atomic E-state index is 13.7. The molecule has 3 aromatic rings. The highest BCUT2D eigenvalue weighted by molar-refractivity contribution is 5.94. The fourth-order valence-corrected chi connectivity index (χ4v) is 5.16. The lowest BCUT2D eigenvalue weighted by Gasteiger charge is -2.30. The molecular weight excluding hydrogens is 423 g/mol. The summed E-state index contributed by atoms with van der Waals surface area (Å²) >= 11 is 0. The van der Waals surface area contributed by atoms with Crippen LogP contribution in [0.3, 0.4) is 0 Å². The summed E-state index contributed by atoms with van der Waals surface area (Å²) in [7, 11) is 0. The summed E-state index contributed by atoms with van der Waals surface area (Å²) in [5, 5.41) is 0. The highest BCUT2D eigenvalue weighted by Gasteiger charge is 2.36. The fourth-order valence-electron chi connectivity index (χ4n) is 5.16. The molecule has 1 saturated heterocycles. The average molecular weight is 459 g/mol. The third-order valence-corrected chi connectivity index (χ3v) is 6.65. The Labute approximate surface area is 203 Å². The molecule has 1 fully saturated rings. The van der Waals surface area contributed by atoms with E-state index in [2.05, 4.69) is 49.9 Å². The molecule has 178 valence electrons. The molecule has 1 aliphatic rings. The highest BCUT2D eigenvalue weighted by atomic mass is 19.1. The zero-order valence-electron chi connectivity index (χ0n) is 20.5. The Balaban J connectivity index is 1.58. The first-order chi connectivity index (χ1) is 16.4. The first-order valence-corrected chi connectivity index (χ1v) is 12.3. The van der Waals surface area contributed by atoms with Gasteiger partial charge in [-0.1, -0.05) is 74.0 Å². The van der Waals surface area contributed by atoms with E-state index in [4.69, 9.17) is 0 Å². The van der Waals surface area contributed by atoms with Crippen LogP contribution in [0.4, 0.5) is 4.39 Å². The first kappa shape index (κ1) is 24.2. The molecule has 3 aromatic carbocycles. The van der Waals surface area contributed by atoms with Gasteiger partial charge in [-0.2, -0.15) is 0 Å². The molecule has 4 heteroatoms. The second-order valence-electron chi connectivity index (χ2n) is 10.1. The largest absolute Gasteiger partial charge is 0.338 e. The Morgan fingerprint density at radius 1 is 1.00 bits per heavy atom. The Bertz CT molecular complexity index is 1080. The molecule has 0 spiro atoms. The lowest BCUT2D eigenvalue weighted by molar-refractivity contribution is 0.0703. The van der Waals surface area contributed by atoms with Gasteiger partial charge in [-0.15, -0.1) is 0 Å². The SMILES string of the molecule is Cc1cccc(CN2CC(CN(CC(C)C)C(=O)c3ccccc3)C(c3ccc(F)cc3)C2)c1. The van der Waals surface area contributed by atoms with Gasteiger partial charge in [0, 0.05) is 44.2 Å². The van der Waals surface area contributed by atoms with Crippen molar-refractivity contribution in [3.05, 3.63) is 107 Å². The van der Waals surface area contributed by atoms with Crippen LogP contribution in [0.15, 0.2) is 78.9 Å². The maximum Gasteiger partial charge on any atom is 0.253 e. The van der Waals surface area contributed by atoms with Crippen LogP contribution in [-0.4, -0.2) is 41.9 Å². The number of hydrogen-bond acceptors (Lipinski definition) is 2. The maximum atomic E-state index is 13.7. The van der Waals surface area contributed by atoms with Gasteiger partial charge in [0.1, 0.15) is 5.82 Å². The monoisotopic (exact) mass is 458 g/mol. The van der Waals surface area contributed by atoms with Gasteiger partial charge in [-0.25, -0.2) is 4.39 Å². The Morgan fingerprint density at radius 3 is 2.41 bits per heavy atom. The Morgan fingerprint density at radius 2 is 1.74 bits per heavy atom. The van der Waals surface area contributed by atoms with Crippen LogP contribution in [0.25, 0.3) is 0 Å². The second-order valence-corrected chi connectivity index (χ2v) is 10.1. The number of carbonyl (C=O) groups excluding carboxylic acids is 1. The predicted octanol–water partition coefficient (Wildman–Crippen LogP) is 6.15. The minimum atomic E-state index is -0.212. The molecular formula is C30H35FN2O. The number of rotatable bonds is 8. The van der Waals surface area contributed by atoms with E-state index in [1.165, 1.54) is 11.1 Å². The standard InChI is InChI=1S/C30H35FN2O/c1-22(2)17-33(30(34)26-10-5-4-6-11-26)20-27-19-32(18-24-9-7-8-23(3)16-24)21-29(27)25-12-14-28(31)15-13-25/h4-16,22,27,29H,17-21H2,1-3H3. The highest BCUT2D eigenvalue weighted by Crippen LogP contribution is 2.35. The van der Waals surface area contributed by atoms with E-state index >= 15 is 0 Å². The van der Waals surface area contributed by atoms with Crippen LogP contribution in [0.5, 0.6) is 0 Å². The number of likely N-dealkylation sites (tertiary alicyclic amines) is 1. The zero-order chi connectivity index (χ0) is 24.1. The van der Waals surface area contributed by atoms with Crippen molar-refractivity contribution < 1.29 is 9.18 Å². The molecule has 2 unspecified atom stereocenters. The van der Waals surface area contributed by atoms with Crippen molar-refractivity contribution in [1.29, 1.82) is 0 Å². The summed E-state index contributed by atoms with van der Waals surface area (Å²) in [6.07, 6.45) is 0. The molecule has 34 heavy (non-hydrogen) atoms. The first-order valence-electron chi connectivity index (χ1n) is 12.3. The zero-order valence-corrected chi connectivity index (χ0v) is 20.5. The molecule has 0 radical (unpaired) electrons. The number of aryl methyl sites for hydroxylation is 1. The number of hydrogen-bond donors (Lipinski definition) is 0. The number of carbonyl (C=O) groups is 1. The van der Waals surface area contributed by atoms with Gasteiger partial charge in [0.2, 0.25) is 0 Å². The van der Waals surface area contributed by atoms with E-state index in [1.54, 1.807) is 12.1 Å². The molecule has 1 aliphatic heterocycles. The fraction of sp³-hybridized carbons (Fsp3) is 0.367. The molecule has 4 rings (SSSR count). The molecule has 2 atom stereocenters. The van der Waals surface area contributed by atoms with E-state index in [1.807, 2.05) is 47.4 Å². The van der Waals surface area contributed by atoms with Crippen molar-refractivity contribution in [3.63, 3.8) is 0 Å². The lowest BCUT2D eigenvalue weighted by Crippen LogP contribution is -2.39. The summed E-state index contributed by atoms with van der Waals surface area (Å²) in [4.78, 5) is 17.9. The van der Waals surface area contributed by atoms with Crippen LogP contribution in [0.1, 0.15) is 46.8 Å². The summed E-state index contributed by atoms with van der Waals surface area (Å²) in [6.45, 7) is 10.5.